The molecule has 0 aliphatic rings. The van der Waals surface area contributed by atoms with Crippen LogP contribution in [0, 0.1) is 12.8 Å². The van der Waals surface area contributed by atoms with Crippen LogP contribution in [0.2, 0.25) is 0 Å². The van der Waals surface area contributed by atoms with Crippen molar-refractivity contribution in [1.29, 1.82) is 0 Å². The first-order chi connectivity index (χ1) is 10.0. The monoisotopic (exact) mass is 345 g/mol. The van der Waals surface area contributed by atoms with Crippen molar-refractivity contribution in [3.63, 3.8) is 0 Å². The maximum Gasteiger partial charge on any atom is 0.0577 e. The van der Waals surface area contributed by atoms with Crippen LogP contribution in [-0.4, -0.2) is 7.05 Å². The molecule has 0 heterocycles. The molecule has 1 N–H and O–H groups in total. The Morgan fingerprint density at radius 2 is 1.86 bits per heavy atom. The van der Waals surface area contributed by atoms with Crippen LogP contribution in [0.15, 0.2) is 46.9 Å². The van der Waals surface area contributed by atoms with E-state index >= 15 is 0 Å². The lowest BCUT2D eigenvalue weighted by molar-refractivity contribution is 0.642. The van der Waals surface area contributed by atoms with Crippen LogP contribution in [0.5, 0.6) is 0 Å². The summed E-state index contributed by atoms with van der Waals surface area (Å²) in [5.74, 6) is 0.681. The number of hydrogen-bond acceptors (Lipinski definition) is 1. The quantitative estimate of drug-likeness (QED) is 0.778. The van der Waals surface area contributed by atoms with Crippen LogP contribution in [-0.2, 0) is 6.42 Å². The van der Waals surface area contributed by atoms with Gasteiger partial charge >= 0.3 is 0 Å². The van der Waals surface area contributed by atoms with Gasteiger partial charge in [-0.25, -0.2) is 0 Å². The van der Waals surface area contributed by atoms with E-state index in [4.69, 9.17) is 0 Å². The molecule has 0 aliphatic carbocycles. The molecule has 2 rings (SSSR count). The van der Waals surface area contributed by atoms with Crippen molar-refractivity contribution in [2.24, 2.45) is 5.92 Å². The molecule has 1 nitrogen and oxygen atoms in total. The van der Waals surface area contributed by atoms with Crippen molar-refractivity contribution in [3.8, 4) is 0 Å². The molecule has 0 amide bonds. The molecule has 1 atom stereocenters. The van der Waals surface area contributed by atoms with Crippen molar-refractivity contribution in [1.82, 2.24) is 5.32 Å². The molecule has 112 valence electrons. The lowest BCUT2D eigenvalue weighted by Crippen LogP contribution is -2.19. The molecule has 0 aromatic heterocycles. The van der Waals surface area contributed by atoms with Gasteiger partial charge in [-0.2, -0.15) is 0 Å². The van der Waals surface area contributed by atoms with E-state index in [1.165, 1.54) is 22.3 Å². The lowest BCUT2D eigenvalue weighted by Gasteiger charge is -2.21. The molecule has 0 saturated carbocycles. The van der Waals surface area contributed by atoms with Crippen LogP contribution in [0.25, 0.3) is 0 Å². The predicted molar refractivity (Wildman–Crippen MR) is 94.8 cm³/mol. The van der Waals surface area contributed by atoms with E-state index in [9.17, 15) is 0 Å². The van der Waals surface area contributed by atoms with Gasteiger partial charge < -0.3 is 5.32 Å². The highest BCUT2D eigenvalue weighted by Crippen LogP contribution is 2.28. The standard InChI is InChI=1S/C19H24BrN/c1-13(2)10-15-6-5-7-16(11-15)19(21-4)18-12-17(20)9-8-14(18)3/h5-9,11-13,19,21H,10H2,1-4H3. The van der Waals surface area contributed by atoms with E-state index in [0.717, 1.165) is 10.9 Å². The topological polar surface area (TPSA) is 12.0 Å². The SMILES string of the molecule is CNC(c1cccc(CC(C)C)c1)c1cc(Br)ccc1C. The molecule has 2 aromatic rings. The van der Waals surface area contributed by atoms with Gasteiger partial charge in [-0.1, -0.05) is 60.1 Å². The van der Waals surface area contributed by atoms with Crippen molar-refractivity contribution in [2.45, 2.75) is 33.2 Å². The van der Waals surface area contributed by atoms with Crippen molar-refractivity contribution in [3.05, 3.63) is 69.2 Å². The Morgan fingerprint density at radius 1 is 1.10 bits per heavy atom. The van der Waals surface area contributed by atoms with E-state index in [2.05, 4.69) is 84.5 Å². The third-order valence-electron chi connectivity index (χ3n) is 3.77. The fraction of sp³-hybridized carbons (Fsp3) is 0.368. The lowest BCUT2D eigenvalue weighted by atomic mass is 9.92. The Labute approximate surface area is 136 Å². The van der Waals surface area contributed by atoms with E-state index in [0.29, 0.717) is 5.92 Å². The summed E-state index contributed by atoms with van der Waals surface area (Å²) < 4.78 is 1.13. The number of nitrogens with one attached hydrogen (secondary N) is 1. The third kappa shape index (κ3) is 4.18. The summed E-state index contributed by atoms with van der Waals surface area (Å²) in [6.07, 6.45) is 1.13. The Morgan fingerprint density at radius 3 is 2.52 bits per heavy atom. The first-order valence-electron chi connectivity index (χ1n) is 7.53. The van der Waals surface area contributed by atoms with Crippen LogP contribution in [0.3, 0.4) is 0 Å². The van der Waals surface area contributed by atoms with E-state index in [-0.39, 0.29) is 6.04 Å². The number of rotatable bonds is 5. The number of hydrogen-bond donors (Lipinski definition) is 1. The Balaban J connectivity index is 2.39. The second kappa shape index (κ2) is 7.24. The molecular weight excluding hydrogens is 322 g/mol. The fourth-order valence-corrected chi connectivity index (χ4v) is 3.17. The molecule has 0 fully saturated rings. The van der Waals surface area contributed by atoms with Crippen LogP contribution in [0.4, 0.5) is 0 Å². The summed E-state index contributed by atoms with van der Waals surface area (Å²) in [5.41, 5.74) is 5.38. The van der Waals surface area contributed by atoms with E-state index in [1.807, 2.05) is 7.05 Å². The van der Waals surface area contributed by atoms with Gasteiger partial charge in [0.2, 0.25) is 0 Å². The largest absolute Gasteiger partial charge is 0.309 e. The van der Waals surface area contributed by atoms with Crippen LogP contribution in [0.1, 0.15) is 42.1 Å². The van der Waals surface area contributed by atoms with Gasteiger partial charge in [0.15, 0.2) is 0 Å². The smallest absolute Gasteiger partial charge is 0.0577 e. The maximum absolute atomic E-state index is 3.59. The van der Waals surface area contributed by atoms with E-state index in [1.54, 1.807) is 0 Å². The second-order valence-electron chi connectivity index (χ2n) is 6.07. The van der Waals surface area contributed by atoms with Gasteiger partial charge in [-0.05, 0) is 60.7 Å². The molecule has 2 aromatic carbocycles. The second-order valence-corrected chi connectivity index (χ2v) is 6.98. The molecule has 0 spiro atoms. The third-order valence-corrected chi connectivity index (χ3v) is 4.26. The summed E-state index contributed by atoms with van der Waals surface area (Å²) in [6.45, 7) is 6.70. The molecule has 0 saturated heterocycles. The Hall–Kier alpha value is -1.12. The Bertz CT molecular complexity index is 604. The van der Waals surface area contributed by atoms with Gasteiger partial charge in [0.25, 0.3) is 0 Å². The zero-order valence-corrected chi connectivity index (χ0v) is 14.9. The molecular formula is C19H24BrN. The average Bonchev–Trinajstić information content (AvgIpc) is 2.43. The van der Waals surface area contributed by atoms with Crippen molar-refractivity contribution in [2.75, 3.05) is 7.05 Å². The number of aryl methyl sites for hydroxylation is 1. The highest BCUT2D eigenvalue weighted by atomic mass is 79.9. The minimum atomic E-state index is 0.231. The van der Waals surface area contributed by atoms with Gasteiger partial charge in [-0.3, -0.25) is 0 Å². The summed E-state index contributed by atoms with van der Waals surface area (Å²) in [4.78, 5) is 0. The molecule has 2 heteroatoms. The molecule has 21 heavy (non-hydrogen) atoms. The van der Waals surface area contributed by atoms with Gasteiger partial charge in [0.05, 0.1) is 6.04 Å². The van der Waals surface area contributed by atoms with Crippen molar-refractivity contribution >= 4 is 15.9 Å². The number of halogens is 1. The molecule has 1 unspecified atom stereocenters. The first kappa shape index (κ1) is 16.3. The summed E-state index contributed by atoms with van der Waals surface area (Å²) in [7, 11) is 2.03. The molecule has 0 radical (unpaired) electrons. The van der Waals surface area contributed by atoms with Crippen LogP contribution >= 0.6 is 15.9 Å². The normalized spacial score (nSPS) is 12.7. The maximum atomic E-state index is 3.59. The van der Waals surface area contributed by atoms with Gasteiger partial charge in [0, 0.05) is 4.47 Å². The summed E-state index contributed by atoms with van der Waals surface area (Å²) >= 11 is 3.59. The predicted octanol–water partition coefficient (Wildman–Crippen LogP) is 5.26. The molecule has 0 aliphatic heterocycles. The average molecular weight is 346 g/mol. The van der Waals surface area contributed by atoms with Crippen LogP contribution < -0.4 is 5.32 Å². The highest BCUT2D eigenvalue weighted by molar-refractivity contribution is 9.10. The fourth-order valence-electron chi connectivity index (χ4n) is 2.80. The van der Waals surface area contributed by atoms with Gasteiger partial charge in [-0.15, -0.1) is 0 Å². The van der Waals surface area contributed by atoms with Crippen molar-refractivity contribution < 1.29 is 0 Å². The number of benzene rings is 2. The first-order valence-corrected chi connectivity index (χ1v) is 8.32. The highest BCUT2D eigenvalue weighted by Gasteiger charge is 2.15. The minimum absolute atomic E-state index is 0.231. The zero-order valence-electron chi connectivity index (χ0n) is 13.3. The minimum Gasteiger partial charge on any atom is -0.309 e. The Kier molecular flexibility index (Phi) is 5.60. The van der Waals surface area contributed by atoms with E-state index < -0.39 is 0 Å². The summed E-state index contributed by atoms with van der Waals surface area (Å²) in [6, 6.07) is 15.7. The molecule has 0 bridgehead atoms. The zero-order chi connectivity index (χ0) is 15.4. The summed E-state index contributed by atoms with van der Waals surface area (Å²) in [5, 5.41) is 3.46. The van der Waals surface area contributed by atoms with Gasteiger partial charge in [0.1, 0.15) is 0 Å².